The maximum Gasteiger partial charge on any atom is 0.416 e. The monoisotopic (exact) mass is 453 g/mol. The SMILES string of the molecule is CCC(C)N(CC(=O)N(CCOC)Cc1cccn1C)C(=O)c1ccc(C(F)(F)F)cc1. The summed E-state index contributed by atoms with van der Waals surface area (Å²) in [6.45, 7) is 4.56. The highest BCUT2D eigenvalue weighted by Gasteiger charge is 2.31. The predicted octanol–water partition coefficient (Wildman–Crippen LogP) is 3.96. The predicted molar refractivity (Wildman–Crippen MR) is 115 cm³/mol. The van der Waals surface area contributed by atoms with Crippen molar-refractivity contribution < 1.29 is 27.5 Å². The number of benzene rings is 1. The quantitative estimate of drug-likeness (QED) is 0.547. The molecule has 0 N–H and O–H groups in total. The average molecular weight is 454 g/mol. The molecule has 0 radical (unpaired) electrons. The molecule has 0 saturated carbocycles. The Morgan fingerprint density at radius 2 is 1.81 bits per heavy atom. The van der Waals surface area contributed by atoms with Crippen molar-refractivity contribution >= 4 is 11.8 Å². The van der Waals surface area contributed by atoms with Crippen LogP contribution < -0.4 is 0 Å². The molecule has 0 saturated heterocycles. The molecule has 0 fully saturated rings. The number of methoxy groups -OCH3 is 1. The number of alkyl halides is 3. The molecule has 9 heteroatoms. The molecule has 2 rings (SSSR count). The van der Waals surface area contributed by atoms with E-state index in [2.05, 4.69) is 0 Å². The molecule has 176 valence electrons. The van der Waals surface area contributed by atoms with Gasteiger partial charge in [0.1, 0.15) is 6.54 Å². The van der Waals surface area contributed by atoms with Gasteiger partial charge < -0.3 is 19.1 Å². The molecule has 0 aliphatic rings. The van der Waals surface area contributed by atoms with Crippen LogP contribution in [0.15, 0.2) is 42.6 Å². The standard InChI is InChI=1S/C23H30F3N3O3/c1-5-17(2)29(22(31)18-8-10-19(11-9-18)23(24,25)26)16-21(30)28(13-14-32-4)15-20-7-6-12-27(20)3/h6-12,17H,5,13-16H2,1-4H3. The highest BCUT2D eigenvalue weighted by molar-refractivity contribution is 5.96. The van der Waals surface area contributed by atoms with Gasteiger partial charge in [-0.1, -0.05) is 6.92 Å². The highest BCUT2D eigenvalue weighted by atomic mass is 19.4. The molecule has 1 heterocycles. The maximum absolute atomic E-state index is 13.2. The van der Waals surface area contributed by atoms with Crippen LogP contribution in [-0.4, -0.2) is 59.0 Å². The summed E-state index contributed by atoms with van der Waals surface area (Å²) < 4.78 is 45.6. The van der Waals surface area contributed by atoms with E-state index in [4.69, 9.17) is 4.74 Å². The third-order valence-corrected chi connectivity index (χ3v) is 5.47. The van der Waals surface area contributed by atoms with E-state index >= 15 is 0 Å². The van der Waals surface area contributed by atoms with Crippen molar-refractivity contribution in [3.8, 4) is 0 Å². The van der Waals surface area contributed by atoms with Crippen LogP contribution in [0.3, 0.4) is 0 Å². The maximum atomic E-state index is 13.2. The fourth-order valence-corrected chi connectivity index (χ4v) is 3.21. The molecule has 2 aromatic rings. The molecule has 1 aromatic carbocycles. The first-order valence-corrected chi connectivity index (χ1v) is 10.4. The Morgan fingerprint density at radius 3 is 2.31 bits per heavy atom. The van der Waals surface area contributed by atoms with Crippen LogP contribution in [0, 0.1) is 0 Å². The molecular formula is C23H30F3N3O3. The van der Waals surface area contributed by atoms with Crippen molar-refractivity contribution in [3.63, 3.8) is 0 Å². The first kappa shape index (κ1) is 25.5. The molecular weight excluding hydrogens is 423 g/mol. The van der Waals surface area contributed by atoms with Crippen LogP contribution in [0.4, 0.5) is 13.2 Å². The van der Waals surface area contributed by atoms with Crippen LogP contribution in [0.2, 0.25) is 0 Å². The molecule has 0 aliphatic heterocycles. The van der Waals surface area contributed by atoms with Crippen molar-refractivity contribution in [2.45, 2.75) is 39.0 Å². The van der Waals surface area contributed by atoms with Crippen molar-refractivity contribution in [2.24, 2.45) is 7.05 Å². The van der Waals surface area contributed by atoms with Crippen molar-refractivity contribution in [2.75, 3.05) is 26.8 Å². The van der Waals surface area contributed by atoms with Gasteiger partial charge in [-0.3, -0.25) is 9.59 Å². The van der Waals surface area contributed by atoms with E-state index in [0.717, 1.165) is 30.0 Å². The van der Waals surface area contributed by atoms with E-state index in [1.165, 1.54) is 4.90 Å². The first-order chi connectivity index (χ1) is 15.1. The Bertz CT molecular complexity index is 894. The molecule has 0 bridgehead atoms. The minimum absolute atomic E-state index is 0.108. The van der Waals surface area contributed by atoms with Crippen LogP contribution in [0.1, 0.15) is 41.9 Å². The number of carbonyl (C=O) groups excluding carboxylic acids is 2. The Labute approximate surface area is 186 Å². The third kappa shape index (κ3) is 6.59. The Kier molecular flexibility index (Phi) is 8.89. The molecule has 0 aliphatic carbocycles. The van der Waals surface area contributed by atoms with E-state index in [0.29, 0.717) is 26.1 Å². The van der Waals surface area contributed by atoms with Gasteiger partial charge in [-0.15, -0.1) is 0 Å². The zero-order valence-corrected chi connectivity index (χ0v) is 18.9. The summed E-state index contributed by atoms with van der Waals surface area (Å²) in [4.78, 5) is 29.3. The summed E-state index contributed by atoms with van der Waals surface area (Å²) in [5.41, 5.74) is 0.212. The Hall–Kier alpha value is -2.81. The van der Waals surface area contributed by atoms with Crippen LogP contribution in [0.5, 0.6) is 0 Å². The number of aryl methyl sites for hydroxylation is 1. The number of aromatic nitrogens is 1. The van der Waals surface area contributed by atoms with Gasteiger partial charge in [-0.25, -0.2) is 0 Å². The van der Waals surface area contributed by atoms with E-state index in [9.17, 15) is 22.8 Å². The molecule has 2 amide bonds. The van der Waals surface area contributed by atoms with E-state index < -0.39 is 17.6 Å². The van der Waals surface area contributed by atoms with Gasteiger partial charge in [0.05, 0.1) is 18.7 Å². The second kappa shape index (κ2) is 11.2. The third-order valence-electron chi connectivity index (χ3n) is 5.47. The summed E-state index contributed by atoms with van der Waals surface area (Å²) >= 11 is 0. The number of halogens is 3. The topological polar surface area (TPSA) is 54.8 Å². The second-order valence-corrected chi connectivity index (χ2v) is 7.68. The largest absolute Gasteiger partial charge is 0.416 e. The van der Waals surface area contributed by atoms with Crippen molar-refractivity contribution in [1.29, 1.82) is 0 Å². The van der Waals surface area contributed by atoms with Crippen LogP contribution in [-0.2, 0) is 29.3 Å². The number of hydrogen-bond acceptors (Lipinski definition) is 3. The number of rotatable bonds is 10. The lowest BCUT2D eigenvalue weighted by Gasteiger charge is -2.31. The van der Waals surface area contributed by atoms with Gasteiger partial charge in [0.25, 0.3) is 5.91 Å². The lowest BCUT2D eigenvalue weighted by atomic mass is 10.1. The normalized spacial score (nSPS) is 12.5. The minimum atomic E-state index is -4.48. The smallest absolute Gasteiger partial charge is 0.383 e. The van der Waals surface area contributed by atoms with Gasteiger partial charge in [0, 0.05) is 44.2 Å². The fourth-order valence-electron chi connectivity index (χ4n) is 3.21. The molecule has 6 nitrogen and oxygen atoms in total. The number of carbonyl (C=O) groups is 2. The van der Waals surface area contributed by atoms with Crippen LogP contribution >= 0.6 is 0 Å². The molecule has 0 spiro atoms. The highest BCUT2D eigenvalue weighted by Crippen LogP contribution is 2.29. The molecule has 1 aromatic heterocycles. The number of nitrogens with zero attached hydrogens (tertiary/aromatic N) is 3. The van der Waals surface area contributed by atoms with Crippen LogP contribution in [0.25, 0.3) is 0 Å². The van der Waals surface area contributed by atoms with Crippen molar-refractivity contribution in [3.05, 3.63) is 59.4 Å². The molecule has 1 unspecified atom stereocenters. The summed E-state index contributed by atoms with van der Waals surface area (Å²) in [7, 11) is 3.43. The van der Waals surface area contributed by atoms with Gasteiger partial charge in [0.15, 0.2) is 0 Å². The summed E-state index contributed by atoms with van der Waals surface area (Å²) in [6.07, 6.45) is -2.00. The lowest BCUT2D eigenvalue weighted by molar-refractivity contribution is -0.137. The summed E-state index contributed by atoms with van der Waals surface area (Å²) in [5.74, 6) is -0.740. The average Bonchev–Trinajstić information content (AvgIpc) is 3.17. The summed E-state index contributed by atoms with van der Waals surface area (Å²) in [6, 6.07) is 7.58. The molecule has 1 atom stereocenters. The van der Waals surface area contributed by atoms with E-state index in [1.807, 2.05) is 43.8 Å². The lowest BCUT2D eigenvalue weighted by Crippen LogP contribution is -2.47. The molecule has 32 heavy (non-hydrogen) atoms. The Balaban J connectivity index is 2.22. The van der Waals surface area contributed by atoms with Gasteiger partial charge in [0.2, 0.25) is 5.91 Å². The Morgan fingerprint density at radius 1 is 1.16 bits per heavy atom. The van der Waals surface area contributed by atoms with Gasteiger partial charge in [-0.05, 0) is 49.7 Å². The second-order valence-electron chi connectivity index (χ2n) is 7.68. The van der Waals surface area contributed by atoms with Gasteiger partial charge in [-0.2, -0.15) is 13.2 Å². The number of amides is 2. The summed E-state index contributed by atoms with van der Waals surface area (Å²) in [5, 5.41) is 0. The zero-order chi connectivity index (χ0) is 23.9. The first-order valence-electron chi connectivity index (χ1n) is 10.4. The minimum Gasteiger partial charge on any atom is -0.383 e. The van der Waals surface area contributed by atoms with E-state index in [-0.39, 0.29) is 24.1 Å². The zero-order valence-electron chi connectivity index (χ0n) is 18.9. The number of hydrogen-bond donors (Lipinski definition) is 0. The van der Waals surface area contributed by atoms with Crippen molar-refractivity contribution in [1.82, 2.24) is 14.4 Å². The number of ether oxygens (including phenoxy) is 1. The fraction of sp³-hybridized carbons (Fsp3) is 0.478. The van der Waals surface area contributed by atoms with E-state index in [1.54, 1.807) is 12.0 Å². The van der Waals surface area contributed by atoms with Gasteiger partial charge >= 0.3 is 6.18 Å².